The van der Waals surface area contributed by atoms with Gasteiger partial charge in [0.05, 0.1) is 10.5 Å². The van der Waals surface area contributed by atoms with Gasteiger partial charge in [0, 0.05) is 6.07 Å². The lowest BCUT2D eigenvalue weighted by atomic mass is 10.1. The topological polar surface area (TPSA) is 72.2 Å². The quantitative estimate of drug-likeness (QED) is 0.404. The fraction of sp³-hybridized carbons (Fsp3) is 0. The van der Waals surface area contributed by atoms with Crippen LogP contribution in [0, 0.1) is 39.2 Å². The first-order chi connectivity index (χ1) is 10.7. The van der Waals surface area contributed by atoms with E-state index < -0.39 is 56.9 Å². The number of nitro benzene ring substituents is 1. The van der Waals surface area contributed by atoms with Gasteiger partial charge in [-0.25, -0.2) is 17.6 Å². The predicted molar refractivity (Wildman–Crippen MR) is 67.3 cm³/mol. The van der Waals surface area contributed by atoms with Crippen molar-refractivity contribution in [2.24, 2.45) is 0 Å². The fourth-order valence-corrected chi connectivity index (χ4v) is 1.69. The van der Waals surface area contributed by atoms with Crippen LogP contribution in [0.4, 0.5) is 33.3 Å². The van der Waals surface area contributed by atoms with Crippen molar-refractivity contribution in [3.63, 3.8) is 0 Å². The number of hydrogen-bond acceptors (Lipinski definition) is 3. The molecule has 0 aliphatic rings. The van der Waals surface area contributed by atoms with Gasteiger partial charge in [0.15, 0.2) is 5.82 Å². The second-order valence-electron chi connectivity index (χ2n) is 4.19. The molecule has 2 aromatic rings. The smallest absolute Gasteiger partial charge is 0.308 e. The van der Waals surface area contributed by atoms with Gasteiger partial charge >= 0.3 is 5.69 Å². The van der Waals surface area contributed by atoms with Crippen LogP contribution in [0.25, 0.3) is 0 Å². The Kier molecular flexibility index (Phi) is 4.25. The third-order valence-corrected chi connectivity index (χ3v) is 2.77. The van der Waals surface area contributed by atoms with Crippen LogP contribution in [-0.2, 0) is 0 Å². The molecule has 0 aliphatic carbocycles. The number of halogens is 5. The van der Waals surface area contributed by atoms with E-state index in [2.05, 4.69) is 0 Å². The summed E-state index contributed by atoms with van der Waals surface area (Å²) < 4.78 is 66.8. The first-order valence-corrected chi connectivity index (χ1v) is 5.81. The Bertz CT molecular complexity index is 805. The number of nitrogens with zero attached hydrogens (tertiary/aromatic N) is 1. The highest BCUT2D eigenvalue weighted by Gasteiger charge is 2.29. The second kappa shape index (κ2) is 5.99. The average Bonchev–Trinajstić information content (AvgIpc) is 2.48. The number of para-hydroxylation sites is 1. The van der Waals surface area contributed by atoms with Gasteiger partial charge in [0.1, 0.15) is 17.3 Å². The summed E-state index contributed by atoms with van der Waals surface area (Å²) in [6.07, 6.45) is 0. The molecule has 0 aromatic heterocycles. The molecule has 0 bridgehead atoms. The van der Waals surface area contributed by atoms with Crippen LogP contribution in [-0.4, -0.2) is 10.8 Å². The van der Waals surface area contributed by atoms with Gasteiger partial charge in [-0.2, -0.15) is 4.39 Å². The maximum atomic E-state index is 13.6. The number of nitro groups is 1. The largest absolute Gasteiger partial charge is 0.317 e. The standard InChI is InChI=1S/C13H5F5N2O3/c14-6-2-1-3-7(15)12(6)19-13(21)5-4-8(20(22)23)10(17)11(18)9(5)16/h1-4H,(H,19,21). The van der Waals surface area contributed by atoms with Crippen LogP contribution in [0.3, 0.4) is 0 Å². The molecule has 0 atom stereocenters. The van der Waals surface area contributed by atoms with Gasteiger partial charge in [-0.1, -0.05) is 6.07 Å². The van der Waals surface area contributed by atoms with Crippen LogP contribution in [0.5, 0.6) is 0 Å². The highest BCUT2D eigenvalue weighted by Crippen LogP contribution is 2.26. The number of carbonyl (C=O) groups is 1. The van der Waals surface area contributed by atoms with Crippen molar-refractivity contribution in [1.29, 1.82) is 0 Å². The van der Waals surface area contributed by atoms with E-state index in [1.54, 1.807) is 5.32 Å². The van der Waals surface area contributed by atoms with Crippen molar-refractivity contribution in [3.05, 3.63) is 69.0 Å². The van der Waals surface area contributed by atoms with Gasteiger partial charge in [-0.05, 0) is 12.1 Å². The first-order valence-electron chi connectivity index (χ1n) is 5.81. The lowest BCUT2D eigenvalue weighted by molar-refractivity contribution is -0.387. The molecule has 0 heterocycles. The first kappa shape index (κ1) is 16.3. The van der Waals surface area contributed by atoms with Crippen molar-refractivity contribution >= 4 is 17.3 Å². The van der Waals surface area contributed by atoms with Crippen molar-refractivity contribution in [1.82, 2.24) is 0 Å². The number of anilines is 1. The number of rotatable bonds is 3. The normalized spacial score (nSPS) is 10.5. The SMILES string of the molecule is O=C(Nc1c(F)cccc1F)c1cc([N+](=O)[O-])c(F)c(F)c1F. The second-order valence-corrected chi connectivity index (χ2v) is 4.19. The molecule has 0 spiro atoms. The van der Waals surface area contributed by atoms with E-state index in [4.69, 9.17) is 0 Å². The Hall–Kier alpha value is -3.04. The van der Waals surface area contributed by atoms with E-state index in [0.717, 1.165) is 18.2 Å². The Balaban J connectivity index is 2.50. The summed E-state index contributed by atoms with van der Waals surface area (Å²) >= 11 is 0. The summed E-state index contributed by atoms with van der Waals surface area (Å²) in [5, 5.41) is 12.2. The summed E-state index contributed by atoms with van der Waals surface area (Å²) in [5.41, 5.74) is -3.74. The summed E-state index contributed by atoms with van der Waals surface area (Å²) in [4.78, 5) is 21.0. The Morgan fingerprint density at radius 1 is 1.00 bits per heavy atom. The van der Waals surface area contributed by atoms with Crippen molar-refractivity contribution in [2.75, 3.05) is 5.32 Å². The molecule has 2 rings (SSSR count). The van der Waals surface area contributed by atoms with Crippen molar-refractivity contribution < 1.29 is 31.7 Å². The molecule has 0 aliphatic heterocycles. The third-order valence-electron chi connectivity index (χ3n) is 2.77. The van der Waals surface area contributed by atoms with E-state index in [0.29, 0.717) is 0 Å². The number of benzene rings is 2. The number of amides is 1. The molecule has 120 valence electrons. The zero-order valence-corrected chi connectivity index (χ0v) is 10.9. The van der Waals surface area contributed by atoms with E-state index in [1.165, 1.54) is 0 Å². The van der Waals surface area contributed by atoms with Crippen molar-refractivity contribution in [3.8, 4) is 0 Å². The van der Waals surface area contributed by atoms with E-state index in [9.17, 15) is 36.9 Å². The molecule has 0 radical (unpaired) electrons. The van der Waals surface area contributed by atoms with Crippen LogP contribution in [0.15, 0.2) is 24.3 Å². The minimum atomic E-state index is -2.25. The van der Waals surface area contributed by atoms with Gasteiger partial charge in [0.25, 0.3) is 5.91 Å². The highest BCUT2D eigenvalue weighted by molar-refractivity contribution is 6.05. The molecule has 0 unspecified atom stereocenters. The molecular formula is C13H5F5N2O3. The van der Waals surface area contributed by atoms with Gasteiger partial charge < -0.3 is 5.32 Å². The summed E-state index contributed by atoms with van der Waals surface area (Å²) in [5.74, 6) is -10.4. The van der Waals surface area contributed by atoms with Gasteiger partial charge in [-0.3, -0.25) is 14.9 Å². The van der Waals surface area contributed by atoms with Crippen LogP contribution >= 0.6 is 0 Å². The average molecular weight is 332 g/mol. The highest BCUT2D eigenvalue weighted by atomic mass is 19.2. The van der Waals surface area contributed by atoms with Crippen LogP contribution < -0.4 is 5.32 Å². The molecule has 0 saturated heterocycles. The maximum Gasteiger partial charge on any atom is 0.308 e. The van der Waals surface area contributed by atoms with Crippen molar-refractivity contribution in [2.45, 2.75) is 0 Å². The number of carbonyl (C=O) groups excluding carboxylic acids is 1. The molecule has 1 N–H and O–H groups in total. The van der Waals surface area contributed by atoms with E-state index in [1.807, 2.05) is 0 Å². The molecular weight excluding hydrogens is 327 g/mol. The predicted octanol–water partition coefficient (Wildman–Crippen LogP) is 3.54. The maximum absolute atomic E-state index is 13.6. The zero-order chi connectivity index (χ0) is 17.3. The summed E-state index contributed by atoms with van der Waals surface area (Å²) in [6.45, 7) is 0. The minimum absolute atomic E-state index is 0.127. The molecule has 10 heteroatoms. The monoisotopic (exact) mass is 332 g/mol. The molecule has 5 nitrogen and oxygen atoms in total. The Morgan fingerprint density at radius 3 is 2.09 bits per heavy atom. The van der Waals surface area contributed by atoms with Crippen LogP contribution in [0.2, 0.25) is 0 Å². The molecule has 23 heavy (non-hydrogen) atoms. The molecule has 0 fully saturated rings. The van der Waals surface area contributed by atoms with E-state index >= 15 is 0 Å². The van der Waals surface area contributed by atoms with Gasteiger partial charge in [0.2, 0.25) is 11.6 Å². The lowest BCUT2D eigenvalue weighted by Crippen LogP contribution is -2.18. The third kappa shape index (κ3) is 2.96. The minimum Gasteiger partial charge on any atom is -0.317 e. The van der Waals surface area contributed by atoms with Crippen LogP contribution in [0.1, 0.15) is 10.4 Å². The Morgan fingerprint density at radius 2 is 1.57 bits per heavy atom. The molecule has 1 amide bonds. The lowest BCUT2D eigenvalue weighted by Gasteiger charge is -2.09. The number of hydrogen-bond donors (Lipinski definition) is 1. The fourth-order valence-electron chi connectivity index (χ4n) is 1.69. The molecule has 2 aromatic carbocycles. The van der Waals surface area contributed by atoms with Gasteiger partial charge in [-0.15, -0.1) is 0 Å². The van der Waals surface area contributed by atoms with E-state index in [-0.39, 0.29) is 6.07 Å². The summed E-state index contributed by atoms with van der Waals surface area (Å²) in [7, 11) is 0. The zero-order valence-electron chi connectivity index (χ0n) is 10.9. The Labute approximate surface area is 124 Å². The summed E-state index contributed by atoms with van der Waals surface area (Å²) in [6, 6.07) is 2.68. The number of nitrogens with one attached hydrogen (secondary N) is 1. The molecule has 0 saturated carbocycles.